The van der Waals surface area contributed by atoms with Gasteiger partial charge < -0.3 is 14.4 Å². The molecule has 2 aliphatic heterocycles. The second-order valence-electron chi connectivity index (χ2n) is 9.37. The van der Waals surface area contributed by atoms with Gasteiger partial charge in [-0.3, -0.25) is 0 Å². The van der Waals surface area contributed by atoms with Crippen molar-refractivity contribution in [3.8, 4) is 6.01 Å². The number of fused-ring (bicyclic) bond motifs is 1. The van der Waals surface area contributed by atoms with Crippen LogP contribution in [0.2, 0.25) is 0 Å². The summed E-state index contributed by atoms with van der Waals surface area (Å²) in [5.74, 6) is 0.578. The number of carbonyl (C=O) groups excluding carboxylic acids is 1. The Morgan fingerprint density at radius 1 is 1.23 bits per heavy atom. The van der Waals surface area contributed by atoms with Gasteiger partial charge in [0.1, 0.15) is 5.60 Å². The summed E-state index contributed by atoms with van der Waals surface area (Å²) in [6, 6.07) is 0.353. The SMILES string of the molecule is CC(C)(C)OC(=O)N1CCC(CCCOc2ncc3c(n2)CCN(S(C)(=O)=O)C3)CC1. The van der Waals surface area contributed by atoms with E-state index in [0.29, 0.717) is 38.0 Å². The predicted molar refractivity (Wildman–Crippen MR) is 116 cm³/mol. The third-order valence-corrected chi connectivity index (χ3v) is 6.85. The number of ether oxygens (including phenoxy) is 2. The normalized spacial score (nSPS) is 18.5. The Kier molecular flexibility index (Phi) is 7.41. The molecule has 2 aliphatic rings. The molecule has 0 radical (unpaired) electrons. The molecule has 10 heteroatoms. The number of hydrogen-bond acceptors (Lipinski definition) is 7. The third kappa shape index (κ3) is 7.03. The fourth-order valence-corrected chi connectivity index (χ4v) is 4.69. The number of rotatable bonds is 6. The maximum absolute atomic E-state index is 12.1. The molecule has 0 unspecified atom stereocenters. The second kappa shape index (κ2) is 9.68. The molecule has 0 aliphatic carbocycles. The van der Waals surface area contributed by atoms with Gasteiger partial charge in [-0.15, -0.1) is 0 Å². The zero-order valence-electron chi connectivity index (χ0n) is 19.0. The van der Waals surface area contributed by atoms with Gasteiger partial charge in [0, 0.05) is 44.4 Å². The minimum atomic E-state index is -3.21. The van der Waals surface area contributed by atoms with Crippen LogP contribution in [0, 0.1) is 5.92 Å². The van der Waals surface area contributed by atoms with Crippen molar-refractivity contribution in [1.82, 2.24) is 19.2 Å². The first-order chi connectivity index (χ1) is 14.5. The Balaban J connectivity index is 1.37. The maximum Gasteiger partial charge on any atom is 0.410 e. The smallest absolute Gasteiger partial charge is 0.410 e. The number of sulfonamides is 1. The van der Waals surface area contributed by atoms with Gasteiger partial charge in [0.2, 0.25) is 10.0 Å². The zero-order chi connectivity index (χ0) is 22.6. The Morgan fingerprint density at radius 3 is 2.58 bits per heavy atom. The third-order valence-electron chi connectivity index (χ3n) is 5.60. The number of carbonyl (C=O) groups is 1. The van der Waals surface area contributed by atoms with E-state index in [2.05, 4.69) is 9.97 Å². The van der Waals surface area contributed by atoms with E-state index < -0.39 is 15.6 Å². The van der Waals surface area contributed by atoms with Gasteiger partial charge in [-0.1, -0.05) is 0 Å². The molecule has 1 saturated heterocycles. The number of nitrogens with zero attached hydrogens (tertiary/aromatic N) is 4. The average Bonchev–Trinajstić information content (AvgIpc) is 2.69. The summed E-state index contributed by atoms with van der Waals surface area (Å²) in [7, 11) is -3.21. The van der Waals surface area contributed by atoms with Crippen LogP contribution in [0.5, 0.6) is 6.01 Å². The minimum absolute atomic E-state index is 0.224. The van der Waals surface area contributed by atoms with E-state index in [9.17, 15) is 13.2 Å². The highest BCUT2D eigenvalue weighted by Gasteiger charge is 2.27. The molecule has 0 bridgehead atoms. The Hall–Kier alpha value is -1.94. The molecule has 9 nitrogen and oxygen atoms in total. The topological polar surface area (TPSA) is 102 Å². The summed E-state index contributed by atoms with van der Waals surface area (Å²) in [5, 5.41) is 0. The summed E-state index contributed by atoms with van der Waals surface area (Å²) in [6.07, 6.45) is 7.13. The lowest BCUT2D eigenvalue weighted by Gasteiger charge is -2.33. The van der Waals surface area contributed by atoms with Crippen molar-refractivity contribution in [3.05, 3.63) is 17.5 Å². The molecule has 1 aromatic heterocycles. The molecule has 0 aromatic carbocycles. The van der Waals surface area contributed by atoms with Crippen LogP contribution in [-0.4, -0.2) is 71.8 Å². The first-order valence-electron chi connectivity index (χ1n) is 10.9. The van der Waals surface area contributed by atoms with Crippen LogP contribution in [0.1, 0.15) is 57.7 Å². The van der Waals surface area contributed by atoms with Gasteiger partial charge in [-0.25, -0.2) is 18.2 Å². The lowest BCUT2D eigenvalue weighted by molar-refractivity contribution is 0.0179. The quantitative estimate of drug-likeness (QED) is 0.609. The van der Waals surface area contributed by atoms with Crippen molar-refractivity contribution in [2.45, 2.75) is 65.0 Å². The van der Waals surface area contributed by atoms with Gasteiger partial charge in [0.15, 0.2) is 0 Å². The standard InChI is InChI=1S/C21H34N4O5S/c1-21(2,3)30-20(26)24-10-7-16(8-11-24)6-5-13-29-19-22-14-17-15-25(31(4,27)28)12-9-18(17)23-19/h14,16H,5-13,15H2,1-4H3. The zero-order valence-corrected chi connectivity index (χ0v) is 19.8. The van der Waals surface area contributed by atoms with E-state index in [1.165, 1.54) is 10.6 Å². The number of likely N-dealkylation sites (tertiary alicyclic amines) is 1. The van der Waals surface area contributed by atoms with E-state index in [4.69, 9.17) is 9.47 Å². The first kappa shape index (κ1) is 23.7. The molecule has 1 aromatic rings. The lowest BCUT2D eigenvalue weighted by atomic mass is 9.92. The van der Waals surface area contributed by atoms with Crippen molar-refractivity contribution in [1.29, 1.82) is 0 Å². The van der Waals surface area contributed by atoms with E-state index in [1.54, 1.807) is 11.1 Å². The van der Waals surface area contributed by atoms with E-state index in [1.807, 2.05) is 20.8 Å². The second-order valence-corrected chi connectivity index (χ2v) is 11.4. The van der Waals surface area contributed by atoms with Gasteiger partial charge >= 0.3 is 12.1 Å². The first-order valence-corrected chi connectivity index (χ1v) is 12.8. The molecule has 0 atom stereocenters. The fourth-order valence-electron chi connectivity index (χ4n) is 3.89. The van der Waals surface area contributed by atoms with Gasteiger partial charge in [-0.05, 0) is 52.4 Å². The highest BCUT2D eigenvalue weighted by Crippen LogP contribution is 2.24. The monoisotopic (exact) mass is 454 g/mol. The predicted octanol–water partition coefficient (Wildman–Crippen LogP) is 2.60. The number of piperidine rings is 1. The molecule has 3 rings (SSSR count). The summed E-state index contributed by atoms with van der Waals surface area (Å²) in [5.41, 5.74) is 1.23. The molecule has 1 fully saturated rings. The van der Waals surface area contributed by atoms with Crippen LogP contribution in [-0.2, 0) is 27.7 Å². The Morgan fingerprint density at radius 2 is 1.94 bits per heavy atom. The summed E-state index contributed by atoms with van der Waals surface area (Å²) < 4.78 is 36.0. The van der Waals surface area contributed by atoms with Crippen LogP contribution in [0.4, 0.5) is 4.79 Å². The molecule has 3 heterocycles. The van der Waals surface area contributed by atoms with Crippen LogP contribution < -0.4 is 4.74 Å². The minimum Gasteiger partial charge on any atom is -0.463 e. The molecular weight excluding hydrogens is 420 g/mol. The molecule has 0 saturated carbocycles. The molecule has 31 heavy (non-hydrogen) atoms. The fraction of sp³-hybridized carbons (Fsp3) is 0.762. The van der Waals surface area contributed by atoms with Crippen molar-refractivity contribution in [2.24, 2.45) is 5.92 Å². The van der Waals surface area contributed by atoms with Crippen LogP contribution in [0.15, 0.2) is 6.20 Å². The van der Waals surface area contributed by atoms with Crippen molar-refractivity contribution in [3.63, 3.8) is 0 Å². The molecule has 0 N–H and O–H groups in total. The van der Waals surface area contributed by atoms with Crippen LogP contribution >= 0.6 is 0 Å². The van der Waals surface area contributed by atoms with E-state index in [0.717, 1.165) is 50.0 Å². The van der Waals surface area contributed by atoms with Gasteiger partial charge in [-0.2, -0.15) is 9.29 Å². The van der Waals surface area contributed by atoms with Gasteiger partial charge in [0.05, 0.1) is 18.6 Å². The summed E-state index contributed by atoms with van der Waals surface area (Å²) in [6.45, 7) is 8.41. The van der Waals surface area contributed by atoms with Crippen molar-refractivity contribution < 1.29 is 22.7 Å². The number of hydrogen-bond donors (Lipinski definition) is 0. The largest absolute Gasteiger partial charge is 0.463 e. The highest BCUT2D eigenvalue weighted by atomic mass is 32.2. The molecule has 174 valence electrons. The molecule has 1 amide bonds. The Bertz CT molecular complexity index is 876. The molecule has 0 spiro atoms. The summed E-state index contributed by atoms with van der Waals surface area (Å²) in [4.78, 5) is 22.6. The average molecular weight is 455 g/mol. The van der Waals surface area contributed by atoms with Crippen molar-refractivity contribution in [2.75, 3.05) is 32.5 Å². The van der Waals surface area contributed by atoms with E-state index in [-0.39, 0.29) is 6.09 Å². The maximum atomic E-state index is 12.1. The highest BCUT2D eigenvalue weighted by molar-refractivity contribution is 7.88. The van der Waals surface area contributed by atoms with E-state index >= 15 is 0 Å². The number of aromatic nitrogens is 2. The summed E-state index contributed by atoms with van der Waals surface area (Å²) >= 11 is 0. The Labute approximate surface area is 185 Å². The van der Waals surface area contributed by atoms with Crippen LogP contribution in [0.3, 0.4) is 0 Å². The van der Waals surface area contributed by atoms with Gasteiger partial charge in [0.25, 0.3) is 0 Å². The van der Waals surface area contributed by atoms with Crippen molar-refractivity contribution >= 4 is 16.1 Å². The lowest BCUT2D eigenvalue weighted by Crippen LogP contribution is -2.41. The van der Waals surface area contributed by atoms with Crippen LogP contribution in [0.25, 0.3) is 0 Å². The number of amides is 1. The molecular formula is C21H34N4O5S.